The molecule has 0 aromatic heterocycles. The minimum absolute atomic E-state index is 0.334. The van der Waals surface area contributed by atoms with Crippen LogP contribution in [0.5, 0.6) is 0 Å². The summed E-state index contributed by atoms with van der Waals surface area (Å²) in [6.45, 7) is 7.09. The Morgan fingerprint density at radius 1 is 1.16 bits per heavy atom. The van der Waals surface area contributed by atoms with Crippen molar-refractivity contribution in [2.45, 2.75) is 57.0 Å². The predicted octanol–water partition coefficient (Wildman–Crippen LogP) is 1.92. The molecular formula is C16H31N3. The number of nitrogens with two attached hydrogens (primary N) is 1. The number of hydrogen-bond acceptors (Lipinski definition) is 3. The SMILES string of the molecule is CCC(CN)(C1CC1)N1CCC2C(CCCN2C)C1. The molecule has 110 valence electrons. The van der Waals surface area contributed by atoms with Crippen LogP contribution in [0.4, 0.5) is 0 Å². The van der Waals surface area contributed by atoms with Crippen molar-refractivity contribution in [3.8, 4) is 0 Å². The van der Waals surface area contributed by atoms with Crippen LogP contribution < -0.4 is 5.73 Å². The first kappa shape index (κ1) is 13.8. The van der Waals surface area contributed by atoms with Crippen LogP contribution in [0.1, 0.15) is 45.4 Å². The highest BCUT2D eigenvalue weighted by atomic mass is 15.3. The molecule has 0 amide bonds. The number of nitrogens with zero attached hydrogens (tertiary/aromatic N) is 2. The fraction of sp³-hybridized carbons (Fsp3) is 1.00. The Bertz CT molecular complexity index is 309. The van der Waals surface area contributed by atoms with Gasteiger partial charge >= 0.3 is 0 Å². The predicted molar refractivity (Wildman–Crippen MR) is 80.1 cm³/mol. The largest absolute Gasteiger partial charge is 0.329 e. The van der Waals surface area contributed by atoms with Crippen molar-refractivity contribution in [1.29, 1.82) is 0 Å². The van der Waals surface area contributed by atoms with Gasteiger partial charge in [0, 0.05) is 31.2 Å². The number of rotatable bonds is 4. The molecule has 3 heteroatoms. The summed E-state index contributed by atoms with van der Waals surface area (Å²) < 4.78 is 0. The molecule has 3 rings (SSSR count). The highest BCUT2D eigenvalue weighted by Crippen LogP contribution is 2.46. The van der Waals surface area contributed by atoms with Crippen LogP contribution in [0, 0.1) is 11.8 Å². The Kier molecular flexibility index (Phi) is 3.89. The fourth-order valence-electron chi connectivity index (χ4n) is 4.89. The Labute approximate surface area is 118 Å². The summed E-state index contributed by atoms with van der Waals surface area (Å²) in [6, 6.07) is 0.844. The van der Waals surface area contributed by atoms with Crippen molar-refractivity contribution >= 4 is 0 Å². The number of piperidine rings is 2. The van der Waals surface area contributed by atoms with E-state index in [1.54, 1.807) is 0 Å². The molecule has 0 aromatic rings. The molecule has 2 aliphatic heterocycles. The van der Waals surface area contributed by atoms with Crippen molar-refractivity contribution in [3.05, 3.63) is 0 Å². The van der Waals surface area contributed by atoms with Crippen LogP contribution in [0.15, 0.2) is 0 Å². The summed E-state index contributed by atoms with van der Waals surface area (Å²) >= 11 is 0. The second-order valence-electron chi connectivity index (χ2n) is 7.12. The van der Waals surface area contributed by atoms with Crippen LogP contribution in [-0.2, 0) is 0 Å². The van der Waals surface area contributed by atoms with Crippen LogP contribution in [-0.4, -0.2) is 54.6 Å². The molecule has 2 saturated heterocycles. The van der Waals surface area contributed by atoms with E-state index in [4.69, 9.17) is 5.73 Å². The van der Waals surface area contributed by atoms with Gasteiger partial charge in [-0.15, -0.1) is 0 Å². The molecule has 2 N–H and O–H groups in total. The summed E-state index contributed by atoms with van der Waals surface area (Å²) in [7, 11) is 2.32. The maximum Gasteiger partial charge on any atom is 0.0357 e. The molecule has 19 heavy (non-hydrogen) atoms. The summed E-state index contributed by atoms with van der Waals surface area (Å²) in [5.74, 6) is 1.78. The minimum atomic E-state index is 0.334. The van der Waals surface area contributed by atoms with E-state index in [2.05, 4.69) is 23.8 Å². The molecule has 0 spiro atoms. The average molecular weight is 265 g/mol. The smallest absolute Gasteiger partial charge is 0.0357 e. The van der Waals surface area contributed by atoms with Crippen LogP contribution in [0.3, 0.4) is 0 Å². The highest BCUT2D eigenvalue weighted by molar-refractivity contribution is 5.05. The molecule has 1 aliphatic carbocycles. The highest BCUT2D eigenvalue weighted by Gasteiger charge is 2.49. The van der Waals surface area contributed by atoms with Crippen LogP contribution in [0.2, 0.25) is 0 Å². The lowest BCUT2D eigenvalue weighted by molar-refractivity contribution is -0.0247. The van der Waals surface area contributed by atoms with Crippen LogP contribution in [0.25, 0.3) is 0 Å². The Morgan fingerprint density at radius 2 is 1.95 bits per heavy atom. The lowest BCUT2D eigenvalue weighted by Crippen LogP contribution is -2.62. The van der Waals surface area contributed by atoms with E-state index in [0.29, 0.717) is 5.54 Å². The van der Waals surface area contributed by atoms with Crippen molar-refractivity contribution in [1.82, 2.24) is 9.80 Å². The standard InChI is InChI=1S/C16H31N3/c1-3-16(12-17,14-6-7-14)19-10-8-15-13(11-19)5-4-9-18(15)2/h13-15H,3-12,17H2,1-2H3. The molecular weight excluding hydrogens is 234 g/mol. The Hall–Kier alpha value is -0.120. The van der Waals surface area contributed by atoms with E-state index in [9.17, 15) is 0 Å². The molecule has 3 fully saturated rings. The van der Waals surface area contributed by atoms with Gasteiger partial charge in [0.1, 0.15) is 0 Å². The van der Waals surface area contributed by atoms with Gasteiger partial charge in [0.05, 0.1) is 0 Å². The second kappa shape index (κ2) is 5.34. The van der Waals surface area contributed by atoms with Gasteiger partial charge in [0.25, 0.3) is 0 Å². The van der Waals surface area contributed by atoms with Gasteiger partial charge < -0.3 is 10.6 Å². The van der Waals surface area contributed by atoms with Gasteiger partial charge in [-0.25, -0.2) is 0 Å². The maximum absolute atomic E-state index is 6.23. The zero-order valence-corrected chi connectivity index (χ0v) is 12.8. The third-order valence-electron chi connectivity index (χ3n) is 6.28. The first-order valence-electron chi connectivity index (χ1n) is 8.36. The molecule has 0 bridgehead atoms. The third kappa shape index (κ3) is 2.34. The Balaban J connectivity index is 1.72. The molecule has 2 heterocycles. The monoisotopic (exact) mass is 265 g/mol. The topological polar surface area (TPSA) is 32.5 Å². The first-order chi connectivity index (χ1) is 9.21. The summed E-state index contributed by atoms with van der Waals surface area (Å²) in [5, 5.41) is 0. The summed E-state index contributed by atoms with van der Waals surface area (Å²) in [4.78, 5) is 5.41. The number of hydrogen-bond donors (Lipinski definition) is 1. The fourth-order valence-corrected chi connectivity index (χ4v) is 4.89. The van der Waals surface area contributed by atoms with Gasteiger partial charge in [-0.05, 0) is 64.0 Å². The zero-order valence-electron chi connectivity index (χ0n) is 12.8. The molecule has 0 aromatic carbocycles. The molecule has 3 aliphatic rings. The van der Waals surface area contributed by atoms with E-state index in [1.165, 1.54) is 58.2 Å². The minimum Gasteiger partial charge on any atom is -0.329 e. The van der Waals surface area contributed by atoms with Crippen molar-refractivity contribution < 1.29 is 0 Å². The first-order valence-corrected chi connectivity index (χ1v) is 8.36. The van der Waals surface area contributed by atoms with Gasteiger partial charge in [0.15, 0.2) is 0 Å². The van der Waals surface area contributed by atoms with Crippen molar-refractivity contribution in [2.75, 3.05) is 33.2 Å². The maximum atomic E-state index is 6.23. The molecule has 1 saturated carbocycles. The quantitative estimate of drug-likeness (QED) is 0.843. The van der Waals surface area contributed by atoms with E-state index in [0.717, 1.165) is 24.4 Å². The number of fused-ring (bicyclic) bond motifs is 1. The van der Waals surface area contributed by atoms with Crippen LogP contribution >= 0.6 is 0 Å². The molecule has 0 radical (unpaired) electrons. The summed E-state index contributed by atoms with van der Waals surface area (Å²) in [5.41, 5.74) is 6.57. The molecule has 3 unspecified atom stereocenters. The molecule has 3 nitrogen and oxygen atoms in total. The van der Waals surface area contributed by atoms with Gasteiger partial charge in [0.2, 0.25) is 0 Å². The average Bonchev–Trinajstić information content (AvgIpc) is 3.26. The van der Waals surface area contributed by atoms with E-state index >= 15 is 0 Å². The normalized spacial score (nSPS) is 36.8. The second-order valence-corrected chi connectivity index (χ2v) is 7.12. The lowest BCUT2D eigenvalue weighted by Gasteiger charge is -2.52. The van der Waals surface area contributed by atoms with Crippen molar-refractivity contribution in [3.63, 3.8) is 0 Å². The zero-order chi connectivity index (χ0) is 13.5. The molecule has 3 atom stereocenters. The summed E-state index contributed by atoms with van der Waals surface area (Å²) in [6.07, 6.45) is 8.24. The Morgan fingerprint density at radius 3 is 2.58 bits per heavy atom. The van der Waals surface area contributed by atoms with Gasteiger partial charge in [-0.2, -0.15) is 0 Å². The van der Waals surface area contributed by atoms with E-state index in [1.807, 2.05) is 0 Å². The van der Waals surface area contributed by atoms with Crippen molar-refractivity contribution in [2.24, 2.45) is 17.6 Å². The number of likely N-dealkylation sites (tertiary alicyclic amines) is 2. The van der Waals surface area contributed by atoms with Gasteiger partial charge in [-0.3, -0.25) is 4.90 Å². The van der Waals surface area contributed by atoms with E-state index < -0.39 is 0 Å². The third-order valence-corrected chi connectivity index (χ3v) is 6.28. The van der Waals surface area contributed by atoms with E-state index in [-0.39, 0.29) is 0 Å². The van der Waals surface area contributed by atoms with Gasteiger partial charge in [-0.1, -0.05) is 6.92 Å². The lowest BCUT2D eigenvalue weighted by atomic mass is 9.79.